The van der Waals surface area contributed by atoms with Crippen LogP contribution in [0, 0.1) is 20.8 Å². The van der Waals surface area contributed by atoms with Crippen molar-refractivity contribution in [3.05, 3.63) is 53.3 Å². The molecule has 0 aliphatic carbocycles. The van der Waals surface area contributed by atoms with E-state index in [1.165, 1.54) is 13.3 Å². The summed E-state index contributed by atoms with van der Waals surface area (Å²) < 4.78 is 18.4. The molecule has 12 heteroatoms. The Morgan fingerprint density at radius 3 is 2.68 bits per heavy atom. The van der Waals surface area contributed by atoms with Crippen molar-refractivity contribution in [1.29, 1.82) is 0 Å². The van der Waals surface area contributed by atoms with Crippen LogP contribution in [0.3, 0.4) is 0 Å². The molecule has 1 aromatic carbocycles. The Kier molecular flexibility index (Phi) is 7.66. The van der Waals surface area contributed by atoms with Gasteiger partial charge in [0, 0.05) is 24.9 Å². The van der Waals surface area contributed by atoms with Crippen molar-refractivity contribution >= 4 is 23.4 Å². The fourth-order valence-electron chi connectivity index (χ4n) is 3.85. The van der Waals surface area contributed by atoms with Crippen LogP contribution in [0.4, 0.5) is 17.5 Å². The third-order valence-corrected chi connectivity index (χ3v) is 5.44. The third-order valence-electron chi connectivity index (χ3n) is 5.44. The highest BCUT2D eigenvalue weighted by molar-refractivity contribution is 5.95. The number of carbonyl (C=O) groups excluding carboxylic acids is 1. The number of methoxy groups -OCH3 is 1. The first-order valence-electron chi connectivity index (χ1n) is 11.8. The van der Waals surface area contributed by atoms with Crippen molar-refractivity contribution < 1.29 is 18.7 Å². The number of benzene rings is 1. The molecule has 0 spiro atoms. The number of aromatic nitrogens is 6. The van der Waals surface area contributed by atoms with Crippen molar-refractivity contribution in [3.63, 3.8) is 0 Å². The number of hydrogen-bond donors (Lipinski definition) is 2. The maximum absolute atomic E-state index is 12.7. The minimum atomic E-state index is -0.546. The molecule has 37 heavy (non-hydrogen) atoms. The van der Waals surface area contributed by atoms with E-state index in [1.54, 1.807) is 32.0 Å². The zero-order valence-electron chi connectivity index (χ0n) is 21.7. The van der Waals surface area contributed by atoms with Gasteiger partial charge in [-0.3, -0.25) is 4.68 Å². The predicted octanol–water partition coefficient (Wildman–Crippen LogP) is 4.08. The van der Waals surface area contributed by atoms with Gasteiger partial charge in [0.1, 0.15) is 5.56 Å². The minimum Gasteiger partial charge on any atom is -0.494 e. The Morgan fingerprint density at radius 1 is 1.22 bits per heavy atom. The summed E-state index contributed by atoms with van der Waals surface area (Å²) in [4.78, 5) is 21.6. The summed E-state index contributed by atoms with van der Waals surface area (Å²) in [6.07, 6.45) is 1.43. The lowest BCUT2D eigenvalue weighted by molar-refractivity contribution is 0.0526. The first-order chi connectivity index (χ1) is 17.8. The zero-order valence-corrected chi connectivity index (χ0v) is 21.7. The number of para-hydroxylation sites is 1. The van der Waals surface area contributed by atoms with Gasteiger partial charge in [0.25, 0.3) is 5.89 Å². The second-order valence-corrected chi connectivity index (χ2v) is 8.47. The van der Waals surface area contributed by atoms with E-state index in [9.17, 15) is 4.79 Å². The van der Waals surface area contributed by atoms with E-state index >= 15 is 0 Å². The van der Waals surface area contributed by atoms with Crippen molar-refractivity contribution in [2.24, 2.45) is 0 Å². The monoisotopic (exact) mass is 506 g/mol. The molecule has 0 amide bonds. The molecule has 4 aromatic rings. The van der Waals surface area contributed by atoms with Crippen LogP contribution in [0.1, 0.15) is 41.5 Å². The molecule has 0 fully saturated rings. The fourth-order valence-corrected chi connectivity index (χ4v) is 3.85. The molecule has 3 aromatic heterocycles. The van der Waals surface area contributed by atoms with Crippen molar-refractivity contribution in [2.45, 2.75) is 47.2 Å². The zero-order chi connectivity index (χ0) is 26.5. The van der Waals surface area contributed by atoms with E-state index in [0.29, 0.717) is 41.3 Å². The molecule has 4 rings (SSSR count). The van der Waals surface area contributed by atoms with Crippen LogP contribution >= 0.6 is 0 Å². The first-order valence-corrected chi connectivity index (χ1v) is 11.8. The highest BCUT2D eigenvalue weighted by Crippen LogP contribution is 2.37. The summed E-state index contributed by atoms with van der Waals surface area (Å²) in [5, 5.41) is 19.0. The Morgan fingerprint density at radius 2 is 2.03 bits per heavy atom. The van der Waals surface area contributed by atoms with Gasteiger partial charge in [-0.15, -0.1) is 10.2 Å². The molecule has 0 saturated carbocycles. The first kappa shape index (κ1) is 25.6. The molecule has 3 heterocycles. The summed E-state index contributed by atoms with van der Waals surface area (Å²) >= 11 is 0. The smallest absolute Gasteiger partial charge is 0.343 e. The number of rotatable bonds is 10. The third kappa shape index (κ3) is 5.85. The molecule has 12 nitrogen and oxygen atoms in total. The number of hydrogen-bond acceptors (Lipinski definition) is 11. The second kappa shape index (κ2) is 11.1. The molecular weight excluding hydrogens is 476 g/mol. The standard InChI is InChI=1S/C25H30N8O4/c1-7-36-24(34)19-12-26-25(27-15(3)13-33-16(4)11-14(2)32-33)29-22(19)28-20-10-8-9-18(21(20)35-6)23-31-30-17(5)37-23/h8-12,15H,7,13H2,1-6H3,(H2,26,27,28,29). The molecule has 1 atom stereocenters. The lowest BCUT2D eigenvalue weighted by atomic mass is 10.1. The van der Waals surface area contributed by atoms with Gasteiger partial charge in [0.2, 0.25) is 11.8 Å². The minimum absolute atomic E-state index is 0.0436. The molecular formula is C25H30N8O4. The quantitative estimate of drug-likeness (QED) is 0.300. The maximum atomic E-state index is 12.7. The molecule has 2 N–H and O–H groups in total. The van der Waals surface area contributed by atoms with Gasteiger partial charge in [-0.05, 0) is 45.9 Å². The van der Waals surface area contributed by atoms with Gasteiger partial charge >= 0.3 is 5.97 Å². The van der Waals surface area contributed by atoms with Gasteiger partial charge in [-0.25, -0.2) is 9.78 Å². The number of nitrogens with one attached hydrogen (secondary N) is 2. The summed E-state index contributed by atoms with van der Waals surface area (Å²) in [7, 11) is 1.53. The van der Waals surface area contributed by atoms with Crippen molar-refractivity contribution in [2.75, 3.05) is 24.4 Å². The molecule has 1 unspecified atom stereocenters. The largest absolute Gasteiger partial charge is 0.494 e. The van der Waals surface area contributed by atoms with Crippen LogP contribution in [0.15, 0.2) is 34.9 Å². The Labute approximate surface area is 214 Å². The van der Waals surface area contributed by atoms with Crippen LogP contribution in [0.25, 0.3) is 11.5 Å². The lowest BCUT2D eigenvalue weighted by Crippen LogP contribution is -2.25. The molecule has 0 saturated heterocycles. The highest BCUT2D eigenvalue weighted by Gasteiger charge is 2.21. The fraction of sp³-hybridized carbons (Fsp3) is 0.360. The van der Waals surface area contributed by atoms with E-state index in [4.69, 9.17) is 13.9 Å². The number of anilines is 3. The normalized spacial score (nSPS) is 11.7. The van der Waals surface area contributed by atoms with Crippen LogP contribution in [-0.4, -0.2) is 55.7 Å². The van der Waals surface area contributed by atoms with Gasteiger partial charge in [-0.2, -0.15) is 10.1 Å². The second-order valence-electron chi connectivity index (χ2n) is 8.47. The maximum Gasteiger partial charge on any atom is 0.343 e. The van der Waals surface area contributed by atoms with Gasteiger partial charge < -0.3 is 24.5 Å². The Balaban J connectivity index is 1.65. The van der Waals surface area contributed by atoms with E-state index in [1.807, 2.05) is 31.5 Å². The lowest BCUT2D eigenvalue weighted by Gasteiger charge is -2.18. The molecule has 0 bridgehead atoms. The average Bonchev–Trinajstić information content (AvgIpc) is 3.43. The van der Waals surface area contributed by atoms with E-state index < -0.39 is 5.97 Å². The summed E-state index contributed by atoms with van der Waals surface area (Å²) in [6, 6.07) is 7.38. The number of carbonyl (C=O) groups is 1. The van der Waals surface area contributed by atoms with E-state index in [2.05, 4.69) is 35.9 Å². The van der Waals surface area contributed by atoms with Crippen LogP contribution in [0.5, 0.6) is 5.75 Å². The SMILES string of the molecule is CCOC(=O)c1cnc(NC(C)Cn2nc(C)cc2C)nc1Nc1cccc(-c2nnc(C)o2)c1OC. The number of ether oxygens (including phenoxy) is 2. The molecule has 0 radical (unpaired) electrons. The Hall–Kier alpha value is -4.48. The highest BCUT2D eigenvalue weighted by atomic mass is 16.5. The van der Waals surface area contributed by atoms with Crippen molar-refractivity contribution in [1.82, 2.24) is 29.9 Å². The Bertz CT molecular complexity index is 1400. The number of nitrogens with zero attached hydrogens (tertiary/aromatic N) is 6. The number of esters is 1. The number of aryl methyl sites for hydroxylation is 3. The summed E-state index contributed by atoms with van der Waals surface area (Å²) in [5.74, 6) is 1.24. The van der Waals surface area contributed by atoms with Gasteiger partial charge in [0.15, 0.2) is 11.6 Å². The topological polar surface area (TPSA) is 142 Å². The van der Waals surface area contributed by atoms with Crippen LogP contribution < -0.4 is 15.4 Å². The van der Waals surface area contributed by atoms with Gasteiger partial charge in [0.05, 0.1) is 37.2 Å². The summed E-state index contributed by atoms with van der Waals surface area (Å²) in [6.45, 7) is 10.3. The predicted molar refractivity (Wildman–Crippen MR) is 137 cm³/mol. The molecule has 0 aliphatic heterocycles. The van der Waals surface area contributed by atoms with E-state index in [-0.39, 0.29) is 24.0 Å². The molecule has 194 valence electrons. The van der Waals surface area contributed by atoms with Crippen molar-refractivity contribution in [3.8, 4) is 17.2 Å². The van der Waals surface area contributed by atoms with Crippen LogP contribution in [-0.2, 0) is 11.3 Å². The van der Waals surface area contributed by atoms with E-state index in [0.717, 1.165) is 11.4 Å². The van der Waals surface area contributed by atoms with Crippen LogP contribution in [0.2, 0.25) is 0 Å². The molecule has 0 aliphatic rings. The summed E-state index contributed by atoms with van der Waals surface area (Å²) in [5.41, 5.74) is 3.34. The average molecular weight is 507 g/mol. The van der Waals surface area contributed by atoms with Gasteiger partial charge in [-0.1, -0.05) is 6.07 Å².